The summed E-state index contributed by atoms with van der Waals surface area (Å²) in [6.07, 6.45) is 1.69. The van der Waals surface area contributed by atoms with Gasteiger partial charge >= 0.3 is 0 Å². The molecule has 0 radical (unpaired) electrons. The van der Waals surface area contributed by atoms with Gasteiger partial charge in [-0.3, -0.25) is 9.69 Å². The first-order chi connectivity index (χ1) is 13.6. The van der Waals surface area contributed by atoms with E-state index in [-0.39, 0.29) is 30.3 Å². The van der Waals surface area contributed by atoms with E-state index in [0.717, 1.165) is 30.8 Å². The third kappa shape index (κ3) is 3.59. The van der Waals surface area contributed by atoms with E-state index in [2.05, 4.69) is 9.88 Å². The first-order valence-corrected chi connectivity index (χ1v) is 9.52. The Morgan fingerprint density at radius 3 is 2.89 bits per heavy atom. The van der Waals surface area contributed by atoms with Gasteiger partial charge in [-0.1, -0.05) is 18.2 Å². The molecule has 0 spiro atoms. The minimum absolute atomic E-state index is 0.0428. The predicted molar refractivity (Wildman–Crippen MR) is 104 cm³/mol. The number of amides is 1. The van der Waals surface area contributed by atoms with Gasteiger partial charge in [0.25, 0.3) is 0 Å². The second-order valence-electron chi connectivity index (χ2n) is 7.64. The van der Waals surface area contributed by atoms with Crippen molar-refractivity contribution in [3.63, 3.8) is 0 Å². The third-order valence-electron chi connectivity index (χ3n) is 5.84. The second kappa shape index (κ2) is 7.85. The molecule has 0 saturated carbocycles. The zero-order chi connectivity index (χ0) is 19.7. The standard InChI is InChI=1S/C21H25FN4O2/c1-28-13-19(27)26-11-16-10-25(9-15-5-3-7-24-21(15)23)12-18(16)20(26)14-4-2-6-17(22)8-14/h2-8,16,18,20H,9-13H2,1H3,(H2,23,24)/t16-,18-,20+/m1/s1. The molecule has 0 unspecified atom stereocenters. The van der Waals surface area contributed by atoms with Gasteiger partial charge in [0.1, 0.15) is 18.2 Å². The Morgan fingerprint density at radius 2 is 2.14 bits per heavy atom. The molecular weight excluding hydrogens is 359 g/mol. The fraction of sp³-hybridized carbons (Fsp3) is 0.429. The van der Waals surface area contributed by atoms with Gasteiger partial charge < -0.3 is 15.4 Å². The highest BCUT2D eigenvalue weighted by atomic mass is 19.1. The number of fused-ring (bicyclic) bond motifs is 1. The molecule has 2 N–H and O–H groups in total. The summed E-state index contributed by atoms with van der Waals surface area (Å²) >= 11 is 0. The van der Waals surface area contributed by atoms with Crippen LogP contribution in [0.2, 0.25) is 0 Å². The highest BCUT2D eigenvalue weighted by Gasteiger charge is 2.49. The van der Waals surface area contributed by atoms with E-state index in [9.17, 15) is 9.18 Å². The van der Waals surface area contributed by atoms with Crippen LogP contribution in [0.4, 0.5) is 10.2 Å². The number of halogens is 1. The number of nitrogens with zero attached hydrogens (tertiary/aromatic N) is 3. The Balaban J connectivity index is 1.57. The van der Waals surface area contributed by atoms with E-state index in [1.807, 2.05) is 23.1 Å². The lowest BCUT2D eigenvalue weighted by Crippen LogP contribution is -2.37. The van der Waals surface area contributed by atoms with Gasteiger partial charge in [-0.2, -0.15) is 0 Å². The molecule has 2 aliphatic heterocycles. The largest absolute Gasteiger partial charge is 0.383 e. The smallest absolute Gasteiger partial charge is 0.249 e. The number of hydrogen-bond acceptors (Lipinski definition) is 5. The lowest BCUT2D eigenvalue weighted by molar-refractivity contribution is -0.136. The summed E-state index contributed by atoms with van der Waals surface area (Å²) in [5.74, 6) is 0.818. The normalized spacial score (nSPS) is 24.5. The Morgan fingerprint density at radius 1 is 1.29 bits per heavy atom. The first-order valence-electron chi connectivity index (χ1n) is 9.52. The fourth-order valence-electron chi connectivity index (χ4n) is 4.67. The second-order valence-corrected chi connectivity index (χ2v) is 7.64. The van der Waals surface area contributed by atoms with Gasteiger partial charge in [-0.05, 0) is 29.7 Å². The molecule has 0 aliphatic carbocycles. The van der Waals surface area contributed by atoms with E-state index in [0.29, 0.717) is 18.3 Å². The highest BCUT2D eigenvalue weighted by molar-refractivity contribution is 5.78. The molecule has 1 amide bonds. The average Bonchev–Trinajstić information content (AvgIpc) is 3.21. The number of benzene rings is 1. The number of nitrogens with two attached hydrogens (primary N) is 1. The zero-order valence-electron chi connectivity index (χ0n) is 15.9. The van der Waals surface area contributed by atoms with Gasteiger partial charge in [-0.15, -0.1) is 0 Å². The van der Waals surface area contributed by atoms with E-state index >= 15 is 0 Å². The van der Waals surface area contributed by atoms with Crippen molar-refractivity contribution in [3.05, 3.63) is 59.5 Å². The number of ether oxygens (including phenoxy) is 1. The Bertz CT molecular complexity index is 862. The number of rotatable bonds is 5. The van der Waals surface area contributed by atoms with E-state index in [1.54, 1.807) is 18.3 Å². The highest BCUT2D eigenvalue weighted by Crippen LogP contribution is 2.45. The molecule has 4 rings (SSSR count). The molecule has 28 heavy (non-hydrogen) atoms. The molecule has 3 atom stereocenters. The molecule has 3 heterocycles. The molecule has 0 bridgehead atoms. The summed E-state index contributed by atoms with van der Waals surface area (Å²) < 4.78 is 19.0. The van der Waals surface area contributed by atoms with Gasteiger partial charge in [-0.25, -0.2) is 9.37 Å². The van der Waals surface area contributed by atoms with Crippen LogP contribution in [0, 0.1) is 17.7 Å². The van der Waals surface area contributed by atoms with Crippen molar-refractivity contribution in [2.75, 3.05) is 39.1 Å². The maximum atomic E-state index is 13.9. The Labute approximate surface area is 164 Å². The van der Waals surface area contributed by atoms with Crippen LogP contribution in [0.25, 0.3) is 0 Å². The van der Waals surface area contributed by atoms with Crippen molar-refractivity contribution in [1.82, 2.24) is 14.8 Å². The lowest BCUT2D eigenvalue weighted by Gasteiger charge is -2.30. The molecule has 1 aromatic carbocycles. The molecule has 2 aromatic rings. The van der Waals surface area contributed by atoms with Gasteiger partial charge in [0.05, 0.1) is 6.04 Å². The average molecular weight is 384 g/mol. The summed E-state index contributed by atoms with van der Waals surface area (Å²) in [6, 6.07) is 10.3. The molecule has 7 heteroatoms. The number of carbonyl (C=O) groups excluding carboxylic acids is 1. The van der Waals surface area contributed by atoms with E-state index in [4.69, 9.17) is 10.5 Å². The molecule has 6 nitrogen and oxygen atoms in total. The van der Waals surface area contributed by atoms with Crippen LogP contribution in [0.5, 0.6) is 0 Å². The van der Waals surface area contributed by atoms with Crippen molar-refractivity contribution in [2.24, 2.45) is 11.8 Å². The zero-order valence-corrected chi connectivity index (χ0v) is 15.9. The van der Waals surface area contributed by atoms with Crippen molar-refractivity contribution in [3.8, 4) is 0 Å². The maximum absolute atomic E-state index is 13.9. The minimum atomic E-state index is -0.280. The van der Waals surface area contributed by atoms with Gasteiger partial charge in [0.2, 0.25) is 5.91 Å². The van der Waals surface area contributed by atoms with Gasteiger partial charge in [0, 0.05) is 51.0 Å². The summed E-state index contributed by atoms with van der Waals surface area (Å²) in [5, 5.41) is 0. The topological polar surface area (TPSA) is 71.7 Å². The summed E-state index contributed by atoms with van der Waals surface area (Å²) in [6.45, 7) is 3.14. The molecule has 2 aliphatic rings. The van der Waals surface area contributed by atoms with Crippen LogP contribution >= 0.6 is 0 Å². The van der Waals surface area contributed by atoms with E-state index < -0.39 is 0 Å². The lowest BCUT2D eigenvalue weighted by atomic mass is 9.89. The molecule has 148 valence electrons. The summed E-state index contributed by atoms with van der Waals surface area (Å²) in [7, 11) is 1.52. The van der Waals surface area contributed by atoms with Crippen molar-refractivity contribution >= 4 is 11.7 Å². The first kappa shape index (κ1) is 18.8. The van der Waals surface area contributed by atoms with Crippen molar-refractivity contribution < 1.29 is 13.9 Å². The number of anilines is 1. The van der Waals surface area contributed by atoms with Crippen molar-refractivity contribution in [1.29, 1.82) is 0 Å². The number of nitrogen functional groups attached to an aromatic ring is 1. The van der Waals surface area contributed by atoms with Crippen LogP contribution in [-0.2, 0) is 16.1 Å². The predicted octanol–water partition coefficient (Wildman–Crippen LogP) is 2.08. The quantitative estimate of drug-likeness (QED) is 0.855. The molecule has 2 saturated heterocycles. The Hall–Kier alpha value is -2.51. The van der Waals surface area contributed by atoms with Crippen LogP contribution in [-0.4, -0.2) is 54.0 Å². The van der Waals surface area contributed by atoms with Crippen LogP contribution < -0.4 is 5.73 Å². The summed E-state index contributed by atoms with van der Waals surface area (Å²) in [5.41, 5.74) is 7.86. The number of hydrogen-bond donors (Lipinski definition) is 1. The SMILES string of the molecule is COCC(=O)N1C[C@H]2CN(Cc3cccnc3N)C[C@H]2[C@@H]1c1cccc(F)c1. The number of carbonyl (C=O) groups is 1. The maximum Gasteiger partial charge on any atom is 0.249 e. The monoisotopic (exact) mass is 384 g/mol. The molecular formula is C21H25FN4O2. The van der Waals surface area contributed by atoms with Gasteiger partial charge in [0.15, 0.2) is 0 Å². The van der Waals surface area contributed by atoms with E-state index in [1.165, 1.54) is 13.2 Å². The van der Waals surface area contributed by atoms with Crippen LogP contribution in [0.15, 0.2) is 42.6 Å². The number of pyridine rings is 1. The number of methoxy groups -OCH3 is 1. The minimum Gasteiger partial charge on any atom is -0.383 e. The summed E-state index contributed by atoms with van der Waals surface area (Å²) in [4.78, 5) is 21.0. The fourth-order valence-corrected chi connectivity index (χ4v) is 4.67. The number of aromatic nitrogens is 1. The third-order valence-corrected chi connectivity index (χ3v) is 5.84. The van der Waals surface area contributed by atoms with Crippen LogP contribution in [0.1, 0.15) is 17.2 Å². The number of likely N-dealkylation sites (tertiary alicyclic amines) is 2. The van der Waals surface area contributed by atoms with Crippen LogP contribution in [0.3, 0.4) is 0 Å². The van der Waals surface area contributed by atoms with Crippen molar-refractivity contribution in [2.45, 2.75) is 12.6 Å². The molecule has 2 fully saturated rings. The molecule has 1 aromatic heterocycles. The Kier molecular flexibility index (Phi) is 5.28.